The lowest BCUT2D eigenvalue weighted by Crippen LogP contribution is -2.23. The summed E-state index contributed by atoms with van der Waals surface area (Å²) in [5.74, 6) is -0.394. The van der Waals surface area contributed by atoms with E-state index in [1.165, 1.54) is 0 Å². The van der Waals surface area contributed by atoms with Crippen molar-refractivity contribution in [2.45, 2.75) is 52.4 Å². The third kappa shape index (κ3) is 2.84. The minimum absolute atomic E-state index is 0.00293. The number of hydrogen-bond donors (Lipinski definition) is 2. The quantitative estimate of drug-likeness (QED) is 0.858. The number of benzene rings is 1. The molecule has 1 rings (SSSR count). The molecule has 0 spiro atoms. The summed E-state index contributed by atoms with van der Waals surface area (Å²) < 4.78 is 0. The van der Waals surface area contributed by atoms with Crippen LogP contribution >= 0.6 is 0 Å². The first-order chi connectivity index (χ1) is 8.16. The van der Waals surface area contributed by atoms with Crippen molar-refractivity contribution in [1.29, 1.82) is 0 Å². The average Bonchev–Trinajstić information content (AvgIpc) is 2.13. The number of aryl methyl sites for hydroxylation is 1. The molecule has 0 saturated heterocycles. The number of rotatable bonds is 4. The second kappa shape index (κ2) is 5.01. The van der Waals surface area contributed by atoms with Gasteiger partial charge in [0.25, 0.3) is 0 Å². The zero-order chi connectivity index (χ0) is 14.1. The maximum atomic E-state index is 10.9. The molecule has 0 aromatic heterocycles. The summed E-state index contributed by atoms with van der Waals surface area (Å²) in [6.45, 7) is 9.64. The lowest BCUT2D eigenvalue weighted by atomic mass is 9.77. The van der Waals surface area contributed by atoms with Gasteiger partial charge in [-0.1, -0.05) is 39.8 Å². The van der Waals surface area contributed by atoms with Gasteiger partial charge in [0, 0.05) is 11.0 Å². The van der Waals surface area contributed by atoms with Crippen molar-refractivity contribution in [2.24, 2.45) is 0 Å². The van der Waals surface area contributed by atoms with E-state index in [1.54, 1.807) is 0 Å². The van der Waals surface area contributed by atoms with Gasteiger partial charge < -0.3 is 10.2 Å². The predicted octanol–water partition coefficient (Wildman–Crippen LogP) is 3.58. The van der Waals surface area contributed by atoms with Gasteiger partial charge in [-0.2, -0.15) is 0 Å². The third-order valence-corrected chi connectivity index (χ3v) is 3.31. The molecule has 2 N–H and O–H groups in total. The third-order valence-electron chi connectivity index (χ3n) is 3.31. The van der Waals surface area contributed by atoms with Gasteiger partial charge in [-0.15, -0.1) is 0 Å². The molecule has 0 amide bonds. The van der Waals surface area contributed by atoms with Crippen molar-refractivity contribution in [1.82, 2.24) is 0 Å². The number of carboxylic acid groups (broad SMARTS) is 1. The number of carbonyl (C=O) groups is 1. The van der Waals surface area contributed by atoms with E-state index in [-0.39, 0.29) is 18.1 Å². The minimum Gasteiger partial charge on any atom is -0.507 e. The van der Waals surface area contributed by atoms with E-state index in [9.17, 15) is 9.90 Å². The van der Waals surface area contributed by atoms with E-state index >= 15 is 0 Å². The van der Waals surface area contributed by atoms with E-state index in [1.807, 2.05) is 46.8 Å². The summed E-state index contributed by atoms with van der Waals surface area (Å²) in [4.78, 5) is 10.9. The monoisotopic (exact) mass is 250 g/mol. The Morgan fingerprint density at radius 2 is 1.89 bits per heavy atom. The van der Waals surface area contributed by atoms with Crippen LogP contribution in [0.15, 0.2) is 12.1 Å². The van der Waals surface area contributed by atoms with E-state index in [2.05, 4.69) is 0 Å². The molecule has 0 atom stereocenters. The van der Waals surface area contributed by atoms with Crippen molar-refractivity contribution in [3.05, 3.63) is 28.8 Å². The molecule has 1 aromatic rings. The normalized spacial score (nSPS) is 11.9. The van der Waals surface area contributed by atoms with Gasteiger partial charge in [-0.05, 0) is 24.0 Å². The summed E-state index contributed by atoms with van der Waals surface area (Å²) in [5, 5.41) is 19.4. The fourth-order valence-corrected chi connectivity index (χ4v) is 2.49. The van der Waals surface area contributed by atoms with Gasteiger partial charge in [0.2, 0.25) is 0 Å². The molecule has 3 heteroatoms. The van der Waals surface area contributed by atoms with Crippen LogP contribution in [0, 0.1) is 6.92 Å². The van der Waals surface area contributed by atoms with Crippen LogP contribution in [0.4, 0.5) is 0 Å². The van der Waals surface area contributed by atoms with Crippen LogP contribution < -0.4 is 0 Å². The molecule has 0 unspecified atom stereocenters. The first kappa shape index (κ1) is 14.6. The molecular weight excluding hydrogens is 228 g/mol. The Kier molecular flexibility index (Phi) is 4.05. The van der Waals surface area contributed by atoms with Crippen molar-refractivity contribution in [2.75, 3.05) is 0 Å². The van der Waals surface area contributed by atoms with E-state index < -0.39 is 11.4 Å². The Labute approximate surface area is 108 Å². The number of phenols is 1. The summed E-state index contributed by atoms with van der Waals surface area (Å²) in [6, 6.07) is 3.86. The van der Waals surface area contributed by atoms with Gasteiger partial charge in [-0.3, -0.25) is 4.79 Å². The largest absolute Gasteiger partial charge is 0.507 e. The van der Waals surface area contributed by atoms with Gasteiger partial charge in [0.1, 0.15) is 5.75 Å². The predicted molar refractivity (Wildman–Crippen MR) is 72.2 cm³/mol. The SMILES string of the molecule is Cc1ccc(C(C)C)c(O)c1C(C)(C)CC(=O)O. The zero-order valence-corrected chi connectivity index (χ0v) is 11.7. The van der Waals surface area contributed by atoms with Gasteiger partial charge in [0.15, 0.2) is 0 Å². The molecule has 0 aliphatic heterocycles. The summed E-state index contributed by atoms with van der Waals surface area (Å²) >= 11 is 0. The van der Waals surface area contributed by atoms with Crippen molar-refractivity contribution < 1.29 is 15.0 Å². The van der Waals surface area contributed by atoms with Crippen LogP contribution in [0.5, 0.6) is 5.75 Å². The highest BCUT2D eigenvalue weighted by Gasteiger charge is 2.30. The van der Waals surface area contributed by atoms with Gasteiger partial charge in [0.05, 0.1) is 6.42 Å². The highest BCUT2D eigenvalue weighted by molar-refractivity contribution is 5.69. The number of phenolic OH excluding ortho intramolecular Hbond substituents is 1. The first-order valence-corrected chi connectivity index (χ1v) is 6.21. The van der Waals surface area contributed by atoms with E-state index in [4.69, 9.17) is 5.11 Å². The average molecular weight is 250 g/mol. The van der Waals surface area contributed by atoms with Crippen LogP contribution in [-0.4, -0.2) is 16.2 Å². The van der Waals surface area contributed by atoms with Crippen LogP contribution in [0.3, 0.4) is 0 Å². The highest BCUT2D eigenvalue weighted by atomic mass is 16.4. The molecule has 0 saturated carbocycles. The Morgan fingerprint density at radius 1 is 1.33 bits per heavy atom. The fourth-order valence-electron chi connectivity index (χ4n) is 2.49. The minimum atomic E-state index is -0.853. The smallest absolute Gasteiger partial charge is 0.304 e. The Morgan fingerprint density at radius 3 is 2.33 bits per heavy atom. The Balaban J connectivity index is 3.39. The fraction of sp³-hybridized carbons (Fsp3) is 0.533. The van der Waals surface area contributed by atoms with E-state index in [0.717, 1.165) is 16.7 Å². The molecule has 18 heavy (non-hydrogen) atoms. The molecular formula is C15H22O3. The Hall–Kier alpha value is -1.51. The topological polar surface area (TPSA) is 57.5 Å². The van der Waals surface area contributed by atoms with Gasteiger partial charge >= 0.3 is 5.97 Å². The standard InChI is InChI=1S/C15H22O3/c1-9(2)11-7-6-10(3)13(14(11)18)15(4,5)8-12(16)17/h6-7,9,18H,8H2,1-5H3,(H,16,17). The summed E-state index contributed by atoms with van der Waals surface area (Å²) in [7, 11) is 0. The molecule has 0 fully saturated rings. The molecule has 0 radical (unpaired) electrons. The molecule has 0 aliphatic carbocycles. The summed E-state index contributed by atoms with van der Waals surface area (Å²) in [6.07, 6.45) is 0.00293. The van der Waals surface area contributed by atoms with Crippen molar-refractivity contribution in [3.8, 4) is 5.75 Å². The highest BCUT2D eigenvalue weighted by Crippen LogP contribution is 2.40. The molecule has 100 valence electrons. The van der Waals surface area contributed by atoms with Crippen LogP contribution in [0.25, 0.3) is 0 Å². The van der Waals surface area contributed by atoms with Gasteiger partial charge in [-0.25, -0.2) is 0 Å². The molecule has 0 bridgehead atoms. The van der Waals surface area contributed by atoms with Crippen molar-refractivity contribution >= 4 is 5.97 Å². The zero-order valence-electron chi connectivity index (χ0n) is 11.7. The molecule has 1 aromatic carbocycles. The lowest BCUT2D eigenvalue weighted by molar-refractivity contribution is -0.138. The second-order valence-electron chi connectivity index (χ2n) is 5.80. The Bertz CT molecular complexity index is 459. The van der Waals surface area contributed by atoms with E-state index in [0.29, 0.717) is 0 Å². The molecule has 0 aliphatic rings. The second-order valence-corrected chi connectivity index (χ2v) is 5.80. The summed E-state index contributed by atoms with van der Waals surface area (Å²) in [5.41, 5.74) is 1.97. The first-order valence-electron chi connectivity index (χ1n) is 6.21. The number of aromatic hydroxyl groups is 1. The van der Waals surface area contributed by atoms with Crippen molar-refractivity contribution in [3.63, 3.8) is 0 Å². The number of aliphatic carboxylic acids is 1. The van der Waals surface area contributed by atoms with Crippen LogP contribution in [0.1, 0.15) is 56.7 Å². The number of hydrogen-bond acceptors (Lipinski definition) is 2. The lowest BCUT2D eigenvalue weighted by Gasteiger charge is -2.28. The van der Waals surface area contributed by atoms with Crippen LogP contribution in [0.2, 0.25) is 0 Å². The van der Waals surface area contributed by atoms with Crippen LogP contribution in [-0.2, 0) is 10.2 Å². The maximum absolute atomic E-state index is 10.9. The molecule has 0 heterocycles. The number of carboxylic acids is 1. The maximum Gasteiger partial charge on any atom is 0.304 e. The molecule has 3 nitrogen and oxygen atoms in total.